The van der Waals surface area contributed by atoms with E-state index in [4.69, 9.17) is 0 Å². The lowest BCUT2D eigenvalue weighted by molar-refractivity contribution is -0.120. The molecule has 6 nitrogen and oxygen atoms in total. The Hall–Kier alpha value is -1.50. The summed E-state index contributed by atoms with van der Waals surface area (Å²) in [5.74, 6) is -0.0855. The van der Waals surface area contributed by atoms with E-state index in [0.717, 1.165) is 12.8 Å². The first-order valence-electron chi connectivity index (χ1n) is 5.85. The molecule has 98 valence electrons. The molecular weight excluding hydrogens is 252 g/mol. The molecule has 0 radical (unpaired) electrons. The zero-order valence-corrected chi connectivity index (χ0v) is 11.0. The Bertz CT molecular complexity index is 503. The second-order valence-electron chi connectivity index (χ2n) is 4.21. The summed E-state index contributed by atoms with van der Waals surface area (Å²) in [7, 11) is 0. The fourth-order valence-corrected chi connectivity index (χ4v) is 2.51. The number of hydrogen-bond acceptors (Lipinski definition) is 4. The van der Waals surface area contributed by atoms with Crippen molar-refractivity contribution in [2.24, 2.45) is 0 Å². The molecule has 0 aliphatic heterocycles. The number of hydrogen-bond donors (Lipinski definition) is 2. The zero-order valence-electron chi connectivity index (χ0n) is 10.2. The number of amides is 1. The smallest absolute Gasteiger partial charge is 0.344 e. The minimum atomic E-state index is -0.294. The van der Waals surface area contributed by atoms with Crippen LogP contribution in [0.15, 0.2) is 22.6 Å². The summed E-state index contributed by atoms with van der Waals surface area (Å²) in [6.45, 7) is 5.78. The molecule has 1 saturated carbocycles. The summed E-state index contributed by atoms with van der Waals surface area (Å²) < 4.78 is 1.64. The molecule has 1 atom stereocenters. The van der Waals surface area contributed by atoms with Crippen molar-refractivity contribution >= 4 is 17.7 Å². The van der Waals surface area contributed by atoms with Crippen LogP contribution < -0.4 is 11.0 Å². The van der Waals surface area contributed by atoms with E-state index in [0.29, 0.717) is 11.7 Å². The van der Waals surface area contributed by atoms with Crippen LogP contribution in [0, 0.1) is 0 Å². The molecule has 2 N–H and O–H groups in total. The van der Waals surface area contributed by atoms with Gasteiger partial charge >= 0.3 is 5.69 Å². The highest BCUT2D eigenvalue weighted by atomic mass is 32.2. The van der Waals surface area contributed by atoms with Gasteiger partial charge in [0.05, 0.1) is 5.25 Å². The number of thioether (sulfide) groups is 1. The summed E-state index contributed by atoms with van der Waals surface area (Å²) >= 11 is 1.29. The van der Waals surface area contributed by atoms with Gasteiger partial charge in [0.1, 0.15) is 0 Å². The summed E-state index contributed by atoms with van der Waals surface area (Å²) in [5, 5.41) is 9.42. The molecule has 2 rings (SSSR count). The first kappa shape index (κ1) is 12.9. The van der Waals surface area contributed by atoms with E-state index < -0.39 is 0 Å². The van der Waals surface area contributed by atoms with Crippen molar-refractivity contribution in [3.05, 3.63) is 23.1 Å². The second kappa shape index (κ2) is 5.43. The molecule has 0 saturated heterocycles. The van der Waals surface area contributed by atoms with Crippen molar-refractivity contribution in [2.75, 3.05) is 6.54 Å². The lowest BCUT2D eigenvalue weighted by atomic mass is 10.4. The van der Waals surface area contributed by atoms with E-state index in [1.807, 2.05) is 0 Å². The minimum absolute atomic E-state index is 0.0855. The predicted molar refractivity (Wildman–Crippen MR) is 69.6 cm³/mol. The average Bonchev–Trinajstić information content (AvgIpc) is 3.12. The van der Waals surface area contributed by atoms with Gasteiger partial charge in [-0.1, -0.05) is 17.8 Å². The van der Waals surface area contributed by atoms with Gasteiger partial charge in [0.2, 0.25) is 5.91 Å². The maximum absolute atomic E-state index is 11.7. The molecule has 1 aromatic rings. The number of carbonyl (C=O) groups excluding carboxylic acids is 1. The van der Waals surface area contributed by atoms with Crippen LogP contribution in [0.5, 0.6) is 0 Å². The van der Waals surface area contributed by atoms with E-state index in [9.17, 15) is 9.59 Å². The second-order valence-corrected chi connectivity index (χ2v) is 5.51. The van der Waals surface area contributed by atoms with E-state index in [2.05, 4.69) is 22.1 Å². The van der Waals surface area contributed by atoms with Crippen molar-refractivity contribution in [3.63, 3.8) is 0 Å². The van der Waals surface area contributed by atoms with Crippen LogP contribution in [0.3, 0.4) is 0 Å². The molecule has 1 aliphatic carbocycles. The van der Waals surface area contributed by atoms with Crippen molar-refractivity contribution in [2.45, 2.75) is 36.2 Å². The SMILES string of the molecule is C=CCNC(=O)[C@H](C)Sc1n[nH]c(=O)n1C1CC1. The largest absolute Gasteiger partial charge is 0.352 e. The summed E-state index contributed by atoms with van der Waals surface area (Å²) in [6, 6.07) is 0.252. The number of nitrogens with zero attached hydrogens (tertiary/aromatic N) is 2. The van der Waals surface area contributed by atoms with Gasteiger partial charge in [0.25, 0.3) is 0 Å². The van der Waals surface area contributed by atoms with Crippen LogP contribution in [0.25, 0.3) is 0 Å². The third kappa shape index (κ3) is 2.84. The van der Waals surface area contributed by atoms with Crippen molar-refractivity contribution in [1.82, 2.24) is 20.1 Å². The van der Waals surface area contributed by atoms with Crippen LogP contribution in [0.2, 0.25) is 0 Å². The first-order chi connectivity index (χ1) is 8.63. The van der Waals surface area contributed by atoms with Gasteiger partial charge in [0, 0.05) is 12.6 Å². The third-order valence-electron chi connectivity index (χ3n) is 2.66. The maximum Gasteiger partial charge on any atom is 0.344 e. The highest BCUT2D eigenvalue weighted by molar-refractivity contribution is 8.00. The number of carbonyl (C=O) groups is 1. The van der Waals surface area contributed by atoms with Gasteiger partial charge in [-0.25, -0.2) is 9.89 Å². The Kier molecular flexibility index (Phi) is 3.90. The predicted octanol–water partition coefficient (Wildman–Crippen LogP) is 0.689. The number of H-pyrrole nitrogens is 1. The topological polar surface area (TPSA) is 79.8 Å². The molecule has 18 heavy (non-hydrogen) atoms. The monoisotopic (exact) mass is 268 g/mol. The molecule has 0 unspecified atom stereocenters. The number of rotatable bonds is 6. The number of aromatic amines is 1. The van der Waals surface area contributed by atoms with Gasteiger partial charge in [-0.2, -0.15) is 0 Å². The standard InChI is InChI=1S/C11H16N4O2S/c1-3-6-12-9(16)7(2)18-11-14-13-10(17)15(11)8-4-5-8/h3,7-8H,1,4-6H2,2H3,(H,12,16)(H,13,17)/t7-/m0/s1. The highest BCUT2D eigenvalue weighted by Crippen LogP contribution is 2.36. The molecular formula is C11H16N4O2S. The van der Waals surface area contributed by atoms with Crippen molar-refractivity contribution < 1.29 is 4.79 Å². The minimum Gasteiger partial charge on any atom is -0.352 e. The Labute approximate surface area is 109 Å². The first-order valence-corrected chi connectivity index (χ1v) is 6.73. The van der Waals surface area contributed by atoms with Crippen LogP contribution in [-0.4, -0.2) is 32.5 Å². The van der Waals surface area contributed by atoms with Crippen LogP contribution >= 0.6 is 11.8 Å². The summed E-state index contributed by atoms with van der Waals surface area (Å²) in [4.78, 5) is 23.3. The van der Waals surface area contributed by atoms with Crippen LogP contribution in [0.4, 0.5) is 0 Å². The molecule has 1 aromatic heterocycles. The van der Waals surface area contributed by atoms with Gasteiger partial charge < -0.3 is 5.32 Å². The van der Waals surface area contributed by atoms with E-state index >= 15 is 0 Å². The van der Waals surface area contributed by atoms with E-state index in [-0.39, 0.29) is 22.9 Å². The zero-order chi connectivity index (χ0) is 13.1. The molecule has 7 heteroatoms. The normalized spacial score (nSPS) is 16.3. The third-order valence-corrected chi connectivity index (χ3v) is 3.72. The highest BCUT2D eigenvalue weighted by Gasteiger charge is 2.29. The van der Waals surface area contributed by atoms with E-state index in [1.165, 1.54) is 11.8 Å². The van der Waals surface area contributed by atoms with Gasteiger partial charge in [-0.15, -0.1) is 11.7 Å². The molecule has 1 aliphatic rings. The average molecular weight is 268 g/mol. The fourth-order valence-electron chi connectivity index (χ4n) is 1.56. The molecule has 0 spiro atoms. The van der Waals surface area contributed by atoms with Crippen LogP contribution in [0.1, 0.15) is 25.8 Å². The van der Waals surface area contributed by atoms with Gasteiger partial charge in [-0.05, 0) is 19.8 Å². The number of aromatic nitrogens is 3. The van der Waals surface area contributed by atoms with Gasteiger partial charge in [-0.3, -0.25) is 9.36 Å². The van der Waals surface area contributed by atoms with Crippen molar-refractivity contribution in [1.29, 1.82) is 0 Å². The maximum atomic E-state index is 11.7. The Morgan fingerprint density at radius 1 is 1.78 bits per heavy atom. The van der Waals surface area contributed by atoms with Crippen molar-refractivity contribution in [3.8, 4) is 0 Å². The summed E-state index contributed by atoms with van der Waals surface area (Å²) in [6.07, 6.45) is 3.64. The number of nitrogens with one attached hydrogen (secondary N) is 2. The lowest BCUT2D eigenvalue weighted by Crippen LogP contribution is -2.31. The summed E-state index contributed by atoms with van der Waals surface area (Å²) in [5.41, 5.74) is -0.196. The fraction of sp³-hybridized carbons (Fsp3) is 0.545. The Morgan fingerprint density at radius 2 is 2.50 bits per heavy atom. The van der Waals surface area contributed by atoms with E-state index in [1.54, 1.807) is 17.6 Å². The molecule has 1 amide bonds. The van der Waals surface area contributed by atoms with Gasteiger partial charge in [0.15, 0.2) is 5.16 Å². The lowest BCUT2D eigenvalue weighted by Gasteiger charge is -2.10. The molecule has 1 fully saturated rings. The molecule has 0 aromatic carbocycles. The van der Waals surface area contributed by atoms with Crippen LogP contribution in [-0.2, 0) is 4.79 Å². The quantitative estimate of drug-likeness (QED) is 0.587. The Balaban J connectivity index is 2.02. The Morgan fingerprint density at radius 3 is 3.11 bits per heavy atom. The molecule has 1 heterocycles. The molecule has 0 bridgehead atoms.